The second-order valence-corrected chi connectivity index (χ2v) is 5.32. The summed E-state index contributed by atoms with van der Waals surface area (Å²) in [7, 11) is 1.41. The number of carbonyl (C=O) groups is 1. The lowest BCUT2D eigenvalue weighted by Crippen LogP contribution is -2.28. The Bertz CT molecular complexity index is 962. The SMILES string of the molecule is Cc1ccncc1N(C)C(=O)/C(C#N)=C(\O)c1ccc(O)c([N+](=O)[O-])c1. The highest BCUT2D eigenvalue weighted by Gasteiger charge is 2.24. The number of carbonyl (C=O) groups excluding carboxylic acids is 1. The van der Waals surface area contributed by atoms with Gasteiger partial charge in [-0.2, -0.15) is 5.26 Å². The van der Waals surface area contributed by atoms with Crippen LogP contribution >= 0.6 is 0 Å². The molecule has 1 aromatic heterocycles. The molecular formula is C17H14N4O5. The quantitative estimate of drug-likeness (QED) is 0.282. The van der Waals surface area contributed by atoms with Gasteiger partial charge in [0.2, 0.25) is 0 Å². The lowest BCUT2D eigenvalue weighted by molar-refractivity contribution is -0.385. The monoisotopic (exact) mass is 354 g/mol. The van der Waals surface area contributed by atoms with Gasteiger partial charge in [0.25, 0.3) is 5.91 Å². The van der Waals surface area contributed by atoms with Crippen LogP contribution in [0.5, 0.6) is 5.75 Å². The molecule has 2 rings (SSSR count). The highest BCUT2D eigenvalue weighted by atomic mass is 16.6. The standard InChI is InChI=1S/C17H14N4O5/c1-10-5-6-19-9-14(10)20(2)17(24)12(8-18)16(23)11-3-4-15(22)13(7-11)21(25)26/h3-7,9,22-23H,1-2H3/b16-12-. The van der Waals surface area contributed by atoms with Crippen molar-refractivity contribution in [1.29, 1.82) is 5.26 Å². The maximum Gasteiger partial charge on any atom is 0.311 e. The summed E-state index contributed by atoms with van der Waals surface area (Å²) in [5, 5.41) is 40.0. The van der Waals surface area contributed by atoms with Crippen LogP contribution in [0.4, 0.5) is 11.4 Å². The highest BCUT2D eigenvalue weighted by molar-refractivity contribution is 6.12. The van der Waals surface area contributed by atoms with Crippen molar-refractivity contribution >= 4 is 23.0 Å². The van der Waals surface area contributed by atoms with Gasteiger partial charge in [0.1, 0.15) is 11.8 Å². The highest BCUT2D eigenvalue weighted by Crippen LogP contribution is 2.30. The van der Waals surface area contributed by atoms with Crippen LogP contribution in [0.2, 0.25) is 0 Å². The number of amides is 1. The number of benzene rings is 1. The number of aromatic hydroxyl groups is 1. The van der Waals surface area contributed by atoms with Crippen molar-refractivity contribution in [2.75, 3.05) is 11.9 Å². The van der Waals surface area contributed by atoms with Gasteiger partial charge in [0.05, 0.1) is 16.8 Å². The Labute approximate surface area is 148 Å². The van der Waals surface area contributed by atoms with E-state index >= 15 is 0 Å². The summed E-state index contributed by atoms with van der Waals surface area (Å²) < 4.78 is 0. The number of nitro benzene ring substituents is 1. The van der Waals surface area contributed by atoms with Crippen molar-refractivity contribution in [3.63, 3.8) is 0 Å². The second-order valence-electron chi connectivity index (χ2n) is 5.32. The minimum absolute atomic E-state index is 0.143. The first-order valence-corrected chi connectivity index (χ1v) is 7.27. The smallest absolute Gasteiger partial charge is 0.311 e. The third-order valence-corrected chi connectivity index (χ3v) is 3.69. The Kier molecular flexibility index (Phi) is 5.18. The van der Waals surface area contributed by atoms with E-state index in [4.69, 9.17) is 0 Å². The normalized spacial score (nSPS) is 11.3. The molecule has 1 amide bonds. The fourth-order valence-electron chi connectivity index (χ4n) is 2.25. The van der Waals surface area contributed by atoms with Crippen molar-refractivity contribution in [3.8, 4) is 11.8 Å². The van der Waals surface area contributed by atoms with E-state index < -0.39 is 33.6 Å². The number of phenolic OH excluding ortho intramolecular Hbond substituents is 1. The number of aliphatic hydroxyl groups is 1. The number of aryl methyl sites for hydroxylation is 1. The van der Waals surface area contributed by atoms with E-state index in [9.17, 15) is 30.4 Å². The number of nitro groups is 1. The molecule has 132 valence electrons. The molecule has 0 aliphatic rings. The largest absolute Gasteiger partial charge is 0.506 e. The van der Waals surface area contributed by atoms with Crippen molar-refractivity contribution in [2.45, 2.75) is 6.92 Å². The summed E-state index contributed by atoms with van der Waals surface area (Å²) in [6, 6.07) is 6.34. The van der Waals surface area contributed by atoms with Gasteiger partial charge in [0, 0.05) is 24.9 Å². The third kappa shape index (κ3) is 3.44. The molecule has 0 atom stereocenters. The Morgan fingerprint density at radius 3 is 2.65 bits per heavy atom. The van der Waals surface area contributed by atoms with E-state index in [0.717, 1.165) is 28.7 Å². The van der Waals surface area contributed by atoms with E-state index in [-0.39, 0.29) is 5.56 Å². The van der Waals surface area contributed by atoms with Crippen molar-refractivity contribution in [3.05, 3.63) is 63.5 Å². The zero-order chi connectivity index (χ0) is 19.4. The summed E-state index contributed by atoms with van der Waals surface area (Å²) >= 11 is 0. The van der Waals surface area contributed by atoms with Crippen LogP contribution < -0.4 is 4.90 Å². The zero-order valence-corrected chi connectivity index (χ0v) is 13.9. The molecule has 0 aliphatic heterocycles. The number of nitrogens with zero attached hydrogens (tertiary/aromatic N) is 4. The van der Waals surface area contributed by atoms with E-state index in [2.05, 4.69) is 4.98 Å². The topological polar surface area (TPSA) is 141 Å². The summed E-state index contributed by atoms with van der Waals surface area (Å²) in [5.74, 6) is -2.13. The number of nitriles is 1. The predicted octanol–water partition coefficient (Wildman–Crippen LogP) is 2.46. The first kappa shape index (κ1) is 18.4. The maximum absolute atomic E-state index is 12.6. The fraction of sp³-hybridized carbons (Fsp3) is 0.118. The van der Waals surface area contributed by atoms with Gasteiger partial charge in [-0.1, -0.05) is 0 Å². The van der Waals surface area contributed by atoms with Crippen LogP contribution in [0.25, 0.3) is 5.76 Å². The number of phenols is 1. The van der Waals surface area contributed by atoms with Crippen LogP contribution in [0.15, 0.2) is 42.2 Å². The molecule has 9 heteroatoms. The molecule has 26 heavy (non-hydrogen) atoms. The van der Waals surface area contributed by atoms with Crippen molar-refractivity contribution in [2.24, 2.45) is 0 Å². The molecule has 9 nitrogen and oxygen atoms in total. The van der Waals surface area contributed by atoms with Gasteiger partial charge in [-0.15, -0.1) is 0 Å². The molecule has 0 fully saturated rings. The van der Waals surface area contributed by atoms with Crippen LogP contribution in [-0.2, 0) is 4.79 Å². The Balaban J connectivity index is 2.50. The Morgan fingerprint density at radius 2 is 2.08 bits per heavy atom. The molecule has 2 N–H and O–H groups in total. The molecular weight excluding hydrogens is 340 g/mol. The number of anilines is 1. The minimum Gasteiger partial charge on any atom is -0.506 e. The molecule has 0 radical (unpaired) electrons. The van der Waals surface area contributed by atoms with Gasteiger partial charge >= 0.3 is 5.69 Å². The van der Waals surface area contributed by atoms with Crippen LogP contribution in [-0.4, -0.2) is 33.1 Å². The average Bonchev–Trinajstić information content (AvgIpc) is 2.62. The van der Waals surface area contributed by atoms with Crippen LogP contribution in [0, 0.1) is 28.4 Å². The maximum atomic E-state index is 12.6. The zero-order valence-electron chi connectivity index (χ0n) is 13.9. The molecule has 0 spiro atoms. The van der Waals surface area contributed by atoms with Crippen LogP contribution in [0.1, 0.15) is 11.1 Å². The van der Waals surface area contributed by atoms with Gasteiger partial charge in [0.15, 0.2) is 11.3 Å². The number of rotatable bonds is 4. The summed E-state index contributed by atoms with van der Waals surface area (Å²) in [6.45, 7) is 1.75. The summed E-state index contributed by atoms with van der Waals surface area (Å²) in [4.78, 5) is 27.7. The van der Waals surface area contributed by atoms with Gasteiger partial charge in [-0.3, -0.25) is 19.9 Å². The Hall–Kier alpha value is -3.93. The number of likely N-dealkylation sites (N-methyl/N-ethyl adjacent to an activating group) is 1. The number of aliphatic hydroxyl groups excluding tert-OH is 1. The van der Waals surface area contributed by atoms with E-state index in [1.165, 1.54) is 13.2 Å². The lowest BCUT2D eigenvalue weighted by Gasteiger charge is -2.19. The second kappa shape index (κ2) is 7.31. The lowest BCUT2D eigenvalue weighted by atomic mass is 10.1. The molecule has 1 aromatic carbocycles. The van der Waals surface area contributed by atoms with Crippen LogP contribution in [0.3, 0.4) is 0 Å². The minimum atomic E-state index is -0.842. The number of pyridine rings is 1. The molecule has 2 aromatic rings. The van der Waals surface area contributed by atoms with Gasteiger partial charge < -0.3 is 15.1 Å². The molecule has 0 saturated heterocycles. The average molecular weight is 354 g/mol. The Morgan fingerprint density at radius 1 is 1.38 bits per heavy atom. The molecule has 0 saturated carbocycles. The van der Waals surface area contributed by atoms with E-state index in [1.54, 1.807) is 25.3 Å². The van der Waals surface area contributed by atoms with Crippen molar-refractivity contribution in [1.82, 2.24) is 4.98 Å². The molecule has 0 aliphatic carbocycles. The van der Waals surface area contributed by atoms with Crippen molar-refractivity contribution < 1.29 is 19.9 Å². The number of hydrogen-bond acceptors (Lipinski definition) is 7. The van der Waals surface area contributed by atoms with Gasteiger partial charge in [-0.25, -0.2) is 0 Å². The molecule has 0 unspecified atom stereocenters. The van der Waals surface area contributed by atoms with Gasteiger partial charge in [-0.05, 0) is 30.7 Å². The van der Waals surface area contributed by atoms with E-state index in [1.807, 2.05) is 0 Å². The fourth-order valence-corrected chi connectivity index (χ4v) is 2.25. The first-order valence-electron chi connectivity index (χ1n) is 7.27. The predicted molar refractivity (Wildman–Crippen MR) is 92.3 cm³/mol. The third-order valence-electron chi connectivity index (χ3n) is 3.69. The molecule has 1 heterocycles. The van der Waals surface area contributed by atoms with E-state index in [0.29, 0.717) is 5.69 Å². The number of aromatic nitrogens is 1. The number of hydrogen-bond donors (Lipinski definition) is 2. The summed E-state index contributed by atoms with van der Waals surface area (Å²) in [6.07, 6.45) is 2.98. The summed E-state index contributed by atoms with van der Waals surface area (Å²) in [5.41, 5.74) is -0.232. The first-order chi connectivity index (χ1) is 12.3. The molecule has 0 bridgehead atoms.